The van der Waals surface area contributed by atoms with Crippen LogP contribution in [0.25, 0.3) is 0 Å². The third-order valence-corrected chi connectivity index (χ3v) is 4.01. The van der Waals surface area contributed by atoms with Gasteiger partial charge in [0.2, 0.25) is 0 Å². The molecule has 0 fully saturated rings. The van der Waals surface area contributed by atoms with Gasteiger partial charge in [0.05, 0.1) is 6.54 Å². The number of carbonyl (C=O) groups is 1. The Balaban J connectivity index is 1.92. The van der Waals surface area contributed by atoms with E-state index in [-0.39, 0.29) is 5.91 Å². The van der Waals surface area contributed by atoms with Gasteiger partial charge >= 0.3 is 0 Å². The van der Waals surface area contributed by atoms with Crippen molar-refractivity contribution in [2.75, 3.05) is 20.1 Å². The lowest BCUT2D eigenvalue weighted by atomic mass is 10.1. The lowest BCUT2D eigenvalue weighted by Crippen LogP contribution is -2.38. The van der Waals surface area contributed by atoms with Crippen LogP contribution in [0, 0.1) is 0 Å². The monoisotopic (exact) mass is 372 g/mol. The normalized spacial score (nSPS) is 11.1. The molecule has 26 heavy (non-hydrogen) atoms. The summed E-state index contributed by atoms with van der Waals surface area (Å²) in [6.45, 7) is 4.09. The minimum absolute atomic E-state index is 0.0729. The van der Waals surface area contributed by atoms with E-state index in [0.717, 1.165) is 36.6 Å². The topological polar surface area (TPSA) is 65.5 Å². The summed E-state index contributed by atoms with van der Waals surface area (Å²) in [5.41, 5.74) is 2.84. The molecule has 0 aromatic heterocycles. The molecule has 0 aliphatic carbocycles. The van der Waals surface area contributed by atoms with Gasteiger partial charge in [-0.25, -0.2) is 4.99 Å². The molecule has 0 heterocycles. The van der Waals surface area contributed by atoms with Gasteiger partial charge in [-0.3, -0.25) is 4.79 Å². The Morgan fingerprint density at radius 1 is 1.08 bits per heavy atom. The molecule has 3 N–H and O–H groups in total. The summed E-state index contributed by atoms with van der Waals surface area (Å²) >= 11 is 6.01. The van der Waals surface area contributed by atoms with Crippen molar-refractivity contribution < 1.29 is 4.79 Å². The van der Waals surface area contributed by atoms with Crippen LogP contribution in [0.4, 0.5) is 0 Å². The number of aliphatic imine (C=N–C) groups is 1. The third-order valence-electron chi connectivity index (χ3n) is 3.78. The average molecular weight is 373 g/mol. The van der Waals surface area contributed by atoms with Gasteiger partial charge in [0, 0.05) is 30.7 Å². The molecule has 1 amide bonds. The molecule has 0 atom stereocenters. The van der Waals surface area contributed by atoms with Gasteiger partial charge in [-0.15, -0.1) is 0 Å². The number of rotatable bonds is 7. The smallest absolute Gasteiger partial charge is 0.251 e. The number of carbonyl (C=O) groups excluding carboxylic acids is 1. The number of halogens is 1. The van der Waals surface area contributed by atoms with E-state index in [9.17, 15) is 4.79 Å². The molecule has 0 bridgehead atoms. The van der Waals surface area contributed by atoms with E-state index in [1.165, 1.54) is 0 Å². The Kier molecular flexibility index (Phi) is 7.96. The standard InChI is InChI=1S/C20H25ClN4O/c1-3-23-20(25-14-16-7-5-9-18(21)13-16)24-11-10-15-6-4-8-17(12-15)19(26)22-2/h4-9,12-13H,3,10-11,14H2,1-2H3,(H,22,26)(H2,23,24,25). The molecular formula is C20H25ClN4O. The molecule has 2 aromatic rings. The Labute approximate surface area is 159 Å². The summed E-state index contributed by atoms with van der Waals surface area (Å²) in [7, 11) is 1.63. The van der Waals surface area contributed by atoms with Crippen LogP contribution in [-0.2, 0) is 13.0 Å². The van der Waals surface area contributed by atoms with Crippen LogP contribution in [0.15, 0.2) is 53.5 Å². The van der Waals surface area contributed by atoms with Crippen molar-refractivity contribution in [1.82, 2.24) is 16.0 Å². The summed E-state index contributed by atoms with van der Waals surface area (Å²) in [5, 5.41) is 9.91. The first-order valence-corrected chi connectivity index (χ1v) is 9.07. The van der Waals surface area contributed by atoms with Crippen LogP contribution in [0.1, 0.15) is 28.4 Å². The fourth-order valence-corrected chi connectivity index (χ4v) is 2.70. The third kappa shape index (κ3) is 6.41. The summed E-state index contributed by atoms with van der Waals surface area (Å²) < 4.78 is 0. The minimum atomic E-state index is -0.0729. The SMILES string of the molecule is CCNC(=NCc1cccc(Cl)c1)NCCc1cccc(C(=O)NC)c1. The zero-order chi connectivity index (χ0) is 18.8. The fraction of sp³-hybridized carbons (Fsp3) is 0.300. The molecule has 6 heteroatoms. The van der Waals surface area contributed by atoms with Crippen molar-refractivity contribution in [3.05, 3.63) is 70.2 Å². The van der Waals surface area contributed by atoms with E-state index in [0.29, 0.717) is 17.1 Å². The van der Waals surface area contributed by atoms with E-state index in [4.69, 9.17) is 11.6 Å². The molecule has 0 aliphatic heterocycles. The van der Waals surface area contributed by atoms with E-state index in [1.54, 1.807) is 7.05 Å². The molecule has 0 radical (unpaired) electrons. The first-order chi connectivity index (χ1) is 12.6. The first-order valence-electron chi connectivity index (χ1n) is 8.70. The van der Waals surface area contributed by atoms with Crippen LogP contribution in [0.3, 0.4) is 0 Å². The number of benzene rings is 2. The highest BCUT2D eigenvalue weighted by Crippen LogP contribution is 2.11. The zero-order valence-electron chi connectivity index (χ0n) is 15.2. The molecule has 0 saturated carbocycles. The summed E-state index contributed by atoms with van der Waals surface area (Å²) in [6, 6.07) is 15.3. The van der Waals surface area contributed by atoms with Crippen LogP contribution >= 0.6 is 11.6 Å². The highest BCUT2D eigenvalue weighted by molar-refractivity contribution is 6.30. The van der Waals surface area contributed by atoms with Gasteiger partial charge in [0.25, 0.3) is 5.91 Å². The van der Waals surface area contributed by atoms with Gasteiger partial charge < -0.3 is 16.0 Å². The van der Waals surface area contributed by atoms with E-state index in [1.807, 2.05) is 55.5 Å². The van der Waals surface area contributed by atoms with Crippen molar-refractivity contribution in [3.8, 4) is 0 Å². The first kappa shape index (κ1) is 19.8. The van der Waals surface area contributed by atoms with Gasteiger partial charge in [-0.05, 0) is 48.7 Å². The molecule has 5 nitrogen and oxygen atoms in total. The summed E-state index contributed by atoms with van der Waals surface area (Å²) in [5.74, 6) is 0.686. The quantitative estimate of drug-likeness (QED) is 0.517. The zero-order valence-corrected chi connectivity index (χ0v) is 15.9. The maximum atomic E-state index is 11.7. The Morgan fingerprint density at radius 2 is 1.85 bits per heavy atom. The highest BCUT2D eigenvalue weighted by Gasteiger charge is 2.04. The molecular weight excluding hydrogens is 348 g/mol. The van der Waals surface area contributed by atoms with Gasteiger partial charge in [0.15, 0.2) is 5.96 Å². The number of hydrogen-bond acceptors (Lipinski definition) is 2. The second-order valence-electron chi connectivity index (χ2n) is 5.78. The Morgan fingerprint density at radius 3 is 2.58 bits per heavy atom. The maximum absolute atomic E-state index is 11.7. The predicted molar refractivity (Wildman–Crippen MR) is 108 cm³/mol. The van der Waals surface area contributed by atoms with Crippen LogP contribution < -0.4 is 16.0 Å². The van der Waals surface area contributed by atoms with Gasteiger partial charge in [-0.1, -0.05) is 35.9 Å². The Hall–Kier alpha value is -2.53. The number of nitrogens with zero attached hydrogens (tertiary/aromatic N) is 1. The number of guanidine groups is 1. The van der Waals surface area contributed by atoms with Crippen molar-refractivity contribution in [3.63, 3.8) is 0 Å². The fourth-order valence-electron chi connectivity index (χ4n) is 2.49. The van der Waals surface area contributed by atoms with E-state index in [2.05, 4.69) is 20.9 Å². The van der Waals surface area contributed by atoms with E-state index >= 15 is 0 Å². The lowest BCUT2D eigenvalue weighted by molar-refractivity contribution is 0.0963. The molecule has 0 aliphatic rings. The van der Waals surface area contributed by atoms with Crippen LogP contribution in [0.5, 0.6) is 0 Å². The highest BCUT2D eigenvalue weighted by atomic mass is 35.5. The van der Waals surface area contributed by atoms with Crippen molar-refractivity contribution in [2.24, 2.45) is 4.99 Å². The second kappa shape index (κ2) is 10.5. The van der Waals surface area contributed by atoms with Gasteiger partial charge in [0.1, 0.15) is 0 Å². The molecule has 138 valence electrons. The van der Waals surface area contributed by atoms with Crippen molar-refractivity contribution in [1.29, 1.82) is 0 Å². The Bertz CT molecular complexity index is 761. The predicted octanol–water partition coefficient (Wildman–Crippen LogP) is 3.00. The maximum Gasteiger partial charge on any atom is 0.251 e. The van der Waals surface area contributed by atoms with Crippen LogP contribution in [-0.4, -0.2) is 32.0 Å². The second-order valence-corrected chi connectivity index (χ2v) is 6.22. The van der Waals surface area contributed by atoms with Crippen LogP contribution in [0.2, 0.25) is 5.02 Å². The van der Waals surface area contributed by atoms with Gasteiger partial charge in [-0.2, -0.15) is 0 Å². The number of nitrogens with one attached hydrogen (secondary N) is 3. The average Bonchev–Trinajstić information content (AvgIpc) is 2.66. The molecule has 2 aromatic carbocycles. The molecule has 0 unspecified atom stereocenters. The summed E-state index contributed by atoms with van der Waals surface area (Å²) in [6.07, 6.45) is 0.798. The lowest BCUT2D eigenvalue weighted by Gasteiger charge is -2.12. The minimum Gasteiger partial charge on any atom is -0.357 e. The summed E-state index contributed by atoms with van der Waals surface area (Å²) in [4.78, 5) is 16.3. The van der Waals surface area contributed by atoms with E-state index < -0.39 is 0 Å². The molecule has 0 saturated heterocycles. The number of hydrogen-bond donors (Lipinski definition) is 3. The largest absolute Gasteiger partial charge is 0.357 e. The molecule has 2 rings (SSSR count). The van der Waals surface area contributed by atoms with Crippen molar-refractivity contribution >= 4 is 23.5 Å². The number of amides is 1. The molecule has 0 spiro atoms. The van der Waals surface area contributed by atoms with Crippen molar-refractivity contribution in [2.45, 2.75) is 19.9 Å².